The molecule has 2 rings (SSSR count). The summed E-state index contributed by atoms with van der Waals surface area (Å²) in [6.07, 6.45) is 0.705. The Morgan fingerprint density at radius 2 is 1.75 bits per heavy atom. The Bertz CT molecular complexity index is 578. The molecule has 20 heavy (non-hydrogen) atoms. The highest BCUT2D eigenvalue weighted by atomic mass is 35.5. The fourth-order valence-corrected chi connectivity index (χ4v) is 2.78. The van der Waals surface area contributed by atoms with Crippen LogP contribution in [0.3, 0.4) is 0 Å². The minimum Gasteiger partial charge on any atom is -0.411 e. The first kappa shape index (κ1) is 14.9. The summed E-state index contributed by atoms with van der Waals surface area (Å²) >= 11 is 7.60. The van der Waals surface area contributed by atoms with Crippen molar-refractivity contribution in [1.82, 2.24) is 0 Å². The van der Waals surface area contributed by atoms with Gasteiger partial charge >= 0.3 is 0 Å². The molecule has 0 saturated carbocycles. The van der Waals surface area contributed by atoms with E-state index in [9.17, 15) is 0 Å². The Morgan fingerprint density at radius 1 is 1.10 bits per heavy atom. The quantitative estimate of drug-likeness (QED) is 0.364. The van der Waals surface area contributed by atoms with Crippen molar-refractivity contribution in [2.45, 2.75) is 18.2 Å². The monoisotopic (exact) mass is 305 g/mol. The standard InChI is InChI=1S/C16H16ClNOS/c1-12-2-8-15(9-3-12)20-11-10-16(18-19)13-4-6-14(17)7-5-13/h2-9,19H,10-11H2,1H3. The van der Waals surface area contributed by atoms with Crippen LogP contribution in [0.25, 0.3) is 0 Å². The SMILES string of the molecule is Cc1ccc(SCCC(=NO)c2ccc(Cl)cc2)cc1. The molecule has 0 heterocycles. The molecule has 0 aliphatic rings. The van der Waals surface area contributed by atoms with E-state index in [4.69, 9.17) is 16.8 Å². The van der Waals surface area contributed by atoms with E-state index in [2.05, 4.69) is 36.3 Å². The predicted molar refractivity (Wildman–Crippen MR) is 86.3 cm³/mol. The minimum atomic E-state index is 0.681. The molecule has 2 nitrogen and oxygen atoms in total. The van der Waals surface area contributed by atoms with Crippen molar-refractivity contribution >= 4 is 29.1 Å². The number of rotatable bonds is 5. The van der Waals surface area contributed by atoms with Gasteiger partial charge in [0.05, 0.1) is 5.71 Å². The Kier molecular flexibility index (Phi) is 5.50. The van der Waals surface area contributed by atoms with Crippen molar-refractivity contribution in [2.75, 3.05) is 5.75 Å². The number of halogens is 1. The third-order valence-electron chi connectivity index (χ3n) is 2.93. The topological polar surface area (TPSA) is 32.6 Å². The minimum absolute atomic E-state index is 0.681. The van der Waals surface area contributed by atoms with Gasteiger partial charge in [-0.05, 0) is 36.8 Å². The van der Waals surface area contributed by atoms with Gasteiger partial charge in [-0.2, -0.15) is 0 Å². The fourth-order valence-electron chi connectivity index (χ4n) is 1.79. The first-order chi connectivity index (χ1) is 9.69. The molecular weight excluding hydrogens is 290 g/mol. The molecule has 0 aliphatic carbocycles. The van der Waals surface area contributed by atoms with E-state index >= 15 is 0 Å². The molecule has 2 aromatic rings. The number of thioether (sulfide) groups is 1. The summed E-state index contributed by atoms with van der Waals surface area (Å²) in [5.74, 6) is 0.866. The lowest BCUT2D eigenvalue weighted by Crippen LogP contribution is -2.02. The van der Waals surface area contributed by atoms with Crippen LogP contribution in [0.4, 0.5) is 0 Å². The summed E-state index contributed by atoms with van der Waals surface area (Å²) in [5.41, 5.74) is 2.84. The summed E-state index contributed by atoms with van der Waals surface area (Å²) in [5, 5.41) is 13.2. The number of benzene rings is 2. The molecule has 4 heteroatoms. The molecule has 104 valence electrons. The zero-order valence-electron chi connectivity index (χ0n) is 11.2. The lowest BCUT2D eigenvalue weighted by Gasteiger charge is -2.05. The molecule has 0 bridgehead atoms. The van der Waals surface area contributed by atoms with Crippen LogP contribution in [0.5, 0.6) is 0 Å². The van der Waals surface area contributed by atoms with Gasteiger partial charge in [0.1, 0.15) is 0 Å². The predicted octanol–water partition coefficient (Wildman–Crippen LogP) is 5.01. The van der Waals surface area contributed by atoms with Gasteiger partial charge in [0, 0.05) is 22.1 Å². The van der Waals surface area contributed by atoms with Gasteiger partial charge in [0.15, 0.2) is 0 Å². The molecule has 1 N–H and O–H groups in total. The number of hydrogen-bond donors (Lipinski definition) is 1. The average Bonchev–Trinajstić information content (AvgIpc) is 2.47. The Balaban J connectivity index is 1.91. The first-order valence-electron chi connectivity index (χ1n) is 6.35. The summed E-state index contributed by atoms with van der Waals surface area (Å²) in [6.45, 7) is 2.07. The number of oxime groups is 1. The Morgan fingerprint density at radius 3 is 2.35 bits per heavy atom. The maximum Gasteiger partial charge on any atom is 0.0876 e. The number of aryl methyl sites for hydroxylation is 1. The maximum atomic E-state index is 9.13. The van der Waals surface area contributed by atoms with Crippen molar-refractivity contribution in [2.24, 2.45) is 5.16 Å². The maximum absolute atomic E-state index is 9.13. The Labute approximate surface area is 128 Å². The summed E-state index contributed by atoms with van der Waals surface area (Å²) in [6, 6.07) is 15.8. The molecule has 0 spiro atoms. The van der Waals surface area contributed by atoms with Crippen molar-refractivity contribution < 1.29 is 5.21 Å². The van der Waals surface area contributed by atoms with Gasteiger partial charge < -0.3 is 5.21 Å². The molecular formula is C16H16ClNOS. The summed E-state index contributed by atoms with van der Waals surface area (Å²) < 4.78 is 0. The smallest absolute Gasteiger partial charge is 0.0876 e. The van der Waals surface area contributed by atoms with Crippen LogP contribution in [0.2, 0.25) is 5.02 Å². The number of nitrogens with zero attached hydrogens (tertiary/aromatic N) is 1. The second kappa shape index (κ2) is 7.36. The van der Waals surface area contributed by atoms with E-state index in [1.54, 1.807) is 23.9 Å². The summed E-state index contributed by atoms with van der Waals surface area (Å²) in [4.78, 5) is 1.23. The number of hydrogen-bond acceptors (Lipinski definition) is 3. The van der Waals surface area contributed by atoms with Gasteiger partial charge in [-0.15, -0.1) is 11.8 Å². The lowest BCUT2D eigenvalue weighted by atomic mass is 10.1. The molecule has 0 aliphatic heterocycles. The lowest BCUT2D eigenvalue weighted by molar-refractivity contribution is 0.318. The molecule has 0 unspecified atom stereocenters. The van der Waals surface area contributed by atoms with E-state index < -0.39 is 0 Å². The van der Waals surface area contributed by atoms with Crippen LogP contribution in [0, 0.1) is 6.92 Å². The van der Waals surface area contributed by atoms with Crippen LogP contribution < -0.4 is 0 Å². The molecule has 0 fully saturated rings. The Hall–Kier alpha value is -1.45. The van der Waals surface area contributed by atoms with Crippen molar-refractivity contribution in [3.63, 3.8) is 0 Å². The molecule has 2 aromatic carbocycles. The zero-order valence-corrected chi connectivity index (χ0v) is 12.8. The molecule has 0 amide bonds. The molecule has 0 aromatic heterocycles. The van der Waals surface area contributed by atoms with E-state index in [1.165, 1.54) is 10.5 Å². The van der Waals surface area contributed by atoms with Crippen LogP contribution in [-0.4, -0.2) is 16.7 Å². The largest absolute Gasteiger partial charge is 0.411 e. The van der Waals surface area contributed by atoms with E-state index in [-0.39, 0.29) is 0 Å². The molecule has 0 radical (unpaired) electrons. The molecule has 0 atom stereocenters. The van der Waals surface area contributed by atoms with Gasteiger partial charge in [0.25, 0.3) is 0 Å². The fraction of sp³-hybridized carbons (Fsp3) is 0.188. The van der Waals surface area contributed by atoms with Crippen LogP contribution in [0.15, 0.2) is 58.6 Å². The van der Waals surface area contributed by atoms with E-state index in [1.807, 2.05) is 12.1 Å². The average molecular weight is 306 g/mol. The van der Waals surface area contributed by atoms with Gasteiger partial charge in [-0.1, -0.05) is 46.6 Å². The van der Waals surface area contributed by atoms with Gasteiger partial charge in [-0.3, -0.25) is 0 Å². The second-order valence-electron chi connectivity index (χ2n) is 4.47. The van der Waals surface area contributed by atoms with Crippen molar-refractivity contribution in [1.29, 1.82) is 0 Å². The van der Waals surface area contributed by atoms with Crippen LogP contribution in [0.1, 0.15) is 17.5 Å². The third kappa shape index (κ3) is 4.29. The highest BCUT2D eigenvalue weighted by molar-refractivity contribution is 7.99. The van der Waals surface area contributed by atoms with Gasteiger partial charge in [0.2, 0.25) is 0 Å². The third-order valence-corrected chi connectivity index (χ3v) is 4.19. The van der Waals surface area contributed by atoms with Crippen LogP contribution >= 0.6 is 23.4 Å². The second-order valence-corrected chi connectivity index (χ2v) is 6.07. The molecule has 0 saturated heterocycles. The zero-order chi connectivity index (χ0) is 14.4. The highest BCUT2D eigenvalue weighted by Gasteiger charge is 2.05. The highest BCUT2D eigenvalue weighted by Crippen LogP contribution is 2.20. The van der Waals surface area contributed by atoms with Crippen molar-refractivity contribution in [3.05, 3.63) is 64.7 Å². The summed E-state index contributed by atoms with van der Waals surface area (Å²) in [7, 11) is 0. The van der Waals surface area contributed by atoms with E-state index in [0.717, 1.165) is 11.3 Å². The normalized spacial score (nSPS) is 11.6. The first-order valence-corrected chi connectivity index (χ1v) is 7.72. The van der Waals surface area contributed by atoms with Crippen molar-refractivity contribution in [3.8, 4) is 0 Å². The van der Waals surface area contributed by atoms with E-state index in [0.29, 0.717) is 17.2 Å². The van der Waals surface area contributed by atoms with Gasteiger partial charge in [-0.25, -0.2) is 0 Å². The van der Waals surface area contributed by atoms with Crippen LogP contribution in [-0.2, 0) is 0 Å².